The summed E-state index contributed by atoms with van der Waals surface area (Å²) >= 11 is 0. The van der Waals surface area contributed by atoms with E-state index in [9.17, 15) is 5.11 Å². The number of benzene rings is 2. The number of nitrogens with one attached hydrogen (secondary N) is 1. The molecule has 0 aromatic heterocycles. The molecule has 1 aliphatic rings. The van der Waals surface area contributed by atoms with Crippen LogP contribution >= 0.6 is 0 Å². The van der Waals surface area contributed by atoms with Crippen LogP contribution in [0.2, 0.25) is 0 Å². The second-order valence-electron chi connectivity index (χ2n) is 7.29. The number of ether oxygens (including phenoxy) is 2. The third kappa shape index (κ3) is 5.79. The Hall–Kier alpha value is -2.93. The third-order valence-electron chi connectivity index (χ3n) is 5.18. The normalized spacial score (nSPS) is 15.2. The Morgan fingerprint density at radius 1 is 1.00 bits per heavy atom. The highest BCUT2D eigenvalue weighted by Gasteiger charge is 2.20. The summed E-state index contributed by atoms with van der Waals surface area (Å²) in [6.07, 6.45) is 0. The van der Waals surface area contributed by atoms with Crippen molar-refractivity contribution in [2.24, 2.45) is 4.99 Å². The van der Waals surface area contributed by atoms with Crippen molar-refractivity contribution in [3.8, 4) is 17.2 Å². The van der Waals surface area contributed by atoms with Gasteiger partial charge in [-0.05, 0) is 42.3 Å². The molecular weight excluding hydrogens is 380 g/mol. The van der Waals surface area contributed by atoms with Gasteiger partial charge in [0.1, 0.15) is 5.75 Å². The maximum Gasteiger partial charge on any atom is 0.194 e. The quantitative estimate of drug-likeness (QED) is 0.538. The molecule has 1 fully saturated rings. The molecular formula is C23H32N4O3. The highest BCUT2D eigenvalue weighted by Crippen LogP contribution is 2.28. The van der Waals surface area contributed by atoms with E-state index in [-0.39, 0.29) is 5.75 Å². The summed E-state index contributed by atoms with van der Waals surface area (Å²) in [5.74, 6) is 2.72. The SMILES string of the molecule is CCNC(=NCc1cccc(O)c1)N1CCN(Cc2ccc(OC)c(OC)c2)CC1. The van der Waals surface area contributed by atoms with Crippen LogP contribution in [-0.4, -0.2) is 67.8 Å². The van der Waals surface area contributed by atoms with Crippen LogP contribution < -0.4 is 14.8 Å². The first-order valence-corrected chi connectivity index (χ1v) is 10.4. The van der Waals surface area contributed by atoms with Crippen LogP contribution in [0.4, 0.5) is 0 Å². The van der Waals surface area contributed by atoms with Crippen molar-refractivity contribution >= 4 is 5.96 Å². The van der Waals surface area contributed by atoms with Gasteiger partial charge in [-0.1, -0.05) is 18.2 Å². The zero-order chi connectivity index (χ0) is 21.3. The van der Waals surface area contributed by atoms with Gasteiger partial charge in [-0.15, -0.1) is 0 Å². The largest absolute Gasteiger partial charge is 0.508 e. The van der Waals surface area contributed by atoms with Gasteiger partial charge in [0.2, 0.25) is 0 Å². The van der Waals surface area contributed by atoms with Gasteiger partial charge in [0, 0.05) is 39.3 Å². The first-order chi connectivity index (χ1) is 14.6. The Balaban J connectivity index is 1.58. The predicted octanol–water partition coefficient (Wildman–Crippen LogP) is 2.69. The highest BCUT2D eigenvalue weighted by atomic mass is 16.5. The standard InChI is InChI=1S/C23H32N4O3/c1-4-24-23(25-16-18-6-5-7-20(28)14-18)27-12-10-26(11-13-27)17-19-8-9-21(29-2)22(15-19)30-3/h5-9,14-15,28H,4,10-13,16-17H2,1-3H3,(H,24,25). The monoisotopic (exact) mass is 412 g/mol. The van der Waals surface area contributed by atoms with Crippen molar-refractivity contribution < 1.29 is 14.6 Å². The van der Waals surface area contributed by atoms with E-state index in [0.29, 0.717) is 6.54 Å². The van der Waals surface area contributed by atoms with Crippen molar-refractivity contribution in [2.45, 2.75) is 20.0 Å². The smallest absolute Gasteiger partial charge is 0.194 e. The molecule has 30 heavy (non-hydrogen) atoms. The van der Waals surface area contributed by atoms with Crippen molar-refractivity contribution in [3.63, 3.8) is 0 Å². The average Bonchev–Trinajstić information content (AvgIpc) is 2.77. The van der Waals surface area contributed by atoms with E-state index in [1.54, 1.807) is 26.4 Å². The van der Waals surface area contributed by atoms with Crippen LogP contribution in [-0.2, 0) is 13.1 Å². The Labute approximate surface area is 178 Å². The molecule has 0 spiro atoms. The first kappa shape index (κ1) is 21.8. The van der Waals surface area contributed by atoms with E-state index in [2.05, 4.69) is 28.1 Å². The summed E-state index contributed by atoms with van der Waals surface area (Å²) in [6.45, 7) is 8.09. The zero-order valence-corrected chi connectivity index (χ0v) is 18.1. The number of hydrogen-bond donors (Lipinski definition) is 2. The fraction of sp³-hybridized carbons (Fsp3) is 0.435. The average molecular weight is 413 g/mol. The lowest BCUT2D eigenvalue weighted by Crippen LogP contribution is -2.52. The number of nitrogens with zero attached hydrogens (tertiary/aromatic N) is 3. The number of hydrogen-bond acceptors (Lipinski definition) is 5. The first-order valence-electron chi connectivity index (χ1n) is 10.4. The Kier molecular flexibility index (Phi) is 7.79. The topological polar surface area (TPSA) is 69.6 Å². The van der Waals surface area contributed by atoms with Crippen molar-refractivity contribution in [1.82, 2.24) is 15.1 Å². The van der Waals surface area contributed by atoms with E-state index >= 15 is 0 Å². The lowest BCUT2D eigenvalue weighted by molar-refractivity contribution is 0.172. The second kappa shape index (κ2) is 10.7. The van der Waals surface area contributed by atoms with Crippen LogP contribution in [0.25, 0.3) is 0 Å². The Morgan fingerprint density at radius 3 is 2.43 bits per heavy atom. The molecule has 0 radical (unpaired) electrons. The van der Waals surface area contributed by atoms with Gasteiger partial charge in [0.25, 0.3) is 0 Å². The number of phenolic OH excluding ortho intramolecular Hbond substituents is 1. The molecule has 0 bridgehead atoms. The van der Waals surface area contributed by atoms with Crippen LogP contribution in [0.15, 0.2) is 47.5 Å². The van der Waals surface area contributed by atoms with Crippen molar-refractivity contribution in [1.29, 1.82) is 0 Å². The van der Waals surface area contributed by atoms with Crippen LogP contribution in [0.3, 0.4) is 0 Å². The van der Waals surface area contributed by atoms with E-state index < -0.39 is 0 Å². The summed E-state index contributed by atoms with van der Waals surface area (Å²) in [5, 5.41) is 13.0. The molecule has 0 unspecified atom stereocenters. The minimum atomic E-state index is 0.275. The summed E-state index contributed by atoms with van der Waals surface area (Å²) in [5.41, 5.74) is 2.21. The van der Waals surface area contributed by atoms with E-state index in [0.717, 1.165) is 62.3 Å². The molecule has 2 N–H and O–H groups in total. The van der Waals surface area contributed by atoms with Crippen molar-refractivity contribution in [2.75, 3.05) is 46.9 Å². The molecule has 0 saturated carbocycles. The molecule has 1 heterocycles. The Bertz CT molecular complexity index is 848. The van der Waals surface area contributed by atoms with Gasteiger partial charge >= 0.3 is 0 Å². The molecule has 7 nitrogen and oxygen atoms in total. The van der Waals surface area contributed by atoms with Crippen molar-refractivity contribution in [3.05, 3.63) is 53.6 Å². The molecule has 162 valence electrons. The fourth-order valence-electron chi connectivity index (χ4n) is 3.60. The maximum atomic E-state index is 9.65. The molecule has 1 aliphatic heterocycles. The van der Waals surface area contributed by atoms with E-state index in [1.165, 1.54) is 5.56 Å². The predicted molar refractivity (Wildman–Crippen MR) is 119 cm³/mol. The number of aliphatic imine (C=N–C) groups is 1. The zero-order valence-electron chi connectivity index (χ0n) is 18.1. The number of rotatable bonds is 7. The molecule has 1 saturated heterocycles. The van der Waals surface area contributed by atoms with Crippen LogP contribution in [0.5, 0.6) is 17.2 Å². The highest BCUT2D eigenvalue weighted by molar-refractivity contribution is 5.80. The summed E-state index contributed by atoms with van der Waals surface area (Å²) in [4.78, 5) is 9.51. The number of guanidine groups is 1. The summed E-state index contributed by atoms with van der Waals surface area (Å²) in [7, 11) is 3.32. The van der Waals surface area contributed by atoms with Gasteiger partial charge in [0.15, 0.2) is 17.5 Å². The molecule has 2 aromatic rings. The van der Waals surface area contributed by atoms with Gasteiger partial charge in [-0.25, -0.2) is 4.99 Å². The second-order valence-corrected chi connectivity index (χ2v) is 7.29. The van der Waals surface area contributed by atoms with Gasteiger partial charge < -0.3 is 24.8 Å². The molecule has 0 amide bonds. The molecule has 2 aromatic carbocycles. The minimum Gasteiger partial charge on any atom is -0.508 e. The van der Waals surface area contributed by atoms with Crippen LogP contribution in [0.1, 0.15) is 18.1 Å². The lowest BCUT2D eigenvalue weighted by Gasteiger charge is -2.36. The molecule has 7 heteroatoms. The lowest BCUT2D eigenvalue weighted by atomic mass is 10.1. The van der Waals surface area contributed by atoms with Gasteiger partial charge in [0.05, 0.1) is 20.8 Å². The third-order valence-corrected chi connectivity index (χ3v) is 5.18. The molecule has 0 aliphatic carbocycles. The number of aromatic hydroxyl groups is 1. The fourth-order valence-corrected chi connectivity index (χ4v) is 3.60. The number of methoxy groups -OCH3 is 2. The molecule has 3 rings (SSSR count). The van der Waals surface area contributed by atoms with Gasteiger partial charge in [-0.2, -0.15) is 0 Å². The van der Waals surface area contributed by atoms with Crippen LogP contribution in [0, 0.1) is 0 Å². The molecule has 0 atom stereocenters. The number of phenols is 1. The van der Waals surface area contributed by atoms with E-state index in [4.69, 9.17) is 14.5 Å². The summed E-state index contributed by atoms with van der Waals surface area (Å²) < 4.78 is 10.7. The summed E-state index contributed by atoms with van der Waals surface area (Å²) in [6, 6.07) is 13.4. The Morgan fingerprint density at radius 2 is 1.77 bits per heavy atom. The van der Waals surface area contributed by atoms with E-state index in [1.807, 2.05) is 24.3 Å². The number of piperazine rings is 1. The minimum absolute atomic E-state index is 0.275. The maximum absolute atomic E-state index is 9.65. The van der Waals surface area contributed by atoms with Gasteiger partial charge in [-0.3, -0.25) is 4.90 Å².